The molecule has 0 aliphatic carbocycles. The minimum absolute atomic E-state index is 0.161. The lowest BCUT2D eigenvalue weighted by Gasteiger charge is -2.24. The zero-order valence-corrected chi connectivity index (χ0v) is 17.3. The average molecular weight is 441 g/mol. The van der Waals surface area contributed by atoms with Crippen LogP contribution in [0, 0.1) is 5.92 Å². The highest BCUT2D eigenvalue weighted by molar-refractivity contribution is 7.99. The number of alkyl halides is 3. The number of hydrogen-bond acceptors (Lipinski definition) is 7. The fourth-order valence-corrected chi connectivity index (χ4v) is 2.69. The third-order valence-corrected chi connectivity index (χ3v) is 4.11. The zero-order chi connectivity index (χ0) is 19.7. The summed E-state index contributed by atoms with van der Waals surface area (Å²) in [5.74, 6) is -0.401. The highest BCUT2D eigenvalue weighted by Gasteiger charge is 2.29. The molecule has 1 amide bonds. The van der Waals surface area contributed by atoms with Crippen LogP contribution < -0.4 is 5.32 Å². The van der Waals surface area contributed by atoms with Gasteiger partial charge in [-0.25, -0.2) is 9.59 Å². The van der Waals surface area contributed by atoms with E-state index in [2.05, 4.69) is 5.32 Å². The van der Waals surface area contributed by atoms with Crippen LogP contribution in [-0.4, -0.2) is 69.0 Å². The number of amides is 1. The Labute approximate surface area is 166 Å². The maximum absolute atomic E-state index is 12.2. The Morgan fingerprint density at radius 3 is 2.12 bits per heavy atom. The molecule has 0 fully saturated rings. The number of carbonyl (C=O) groups is 2. The van der Waals surface area contributed by atoms with Gasteiger partial charge >= 0.3 is 12.1 Å². The maximum Gasteiger partial charge on any atom is 0.408 e. The Morgan fingerprint density at radius 2 is 1.68 bits per heavy atom. The van der Waals surface area contributed by atoms with Crippen molar-refractivity contribution in [3.8, 4) is 0 Å². The highest BCUT2D eigenvalue weighted by Crippen LogP contribution is 2.25. The van der Waals surface area contributed by atoms with Crippen LogP contribution in [0.5, 0.6) is 0 Å². The minimum atomic E-state index is -1.76. The van der Waals surface area contributed by atoms with E-state index in [0.717, 1.165) is 0 Å². The van der Waals surface area contributed by atoms with Crippen LogP contribution >= 0.6 is 46.6 Å². The number of alkyl carbamates (subject to hydrolysis) is 1. The Morgan fingerprint density at radius 1 is 1.12 bits per heavy atom. The molecular weight excluding hydrogens is 417 g/mol. The number of esters is 1. The predicted octanol–water partition coefficient (Wildman–Crippen LogP) is 2.13. The molecule has 25 heavy (non-hydrogen) atoms. The van der Waals surface area contributed by atoms with Gasteiger partial charge in [-0.3, -0.25) is 0 Å². The third-order valence-electron chi connectivity index (χ3n) is 2.50. The monoisotopic (exact) mass is 439 g/mol. The van der Waals surface area contributed by atoms with Crippen molar-refractivity contribution in [3.05, 3.63) is 0 Å². The van der Waals surface area contributed by atoms with Gasteiger partial charge in [0.2, 0.25) is 3.79 Å². The summed E-state index contributed by atoms with van der Waals surface area (Å²) in [5.41, 5.74) is -0.734. The molecule has 7 nitrogen and oxygen atoms in total. The Bertz CT molecular complexity index is 424. The smallest absolute Gasteiger partial charge is 0.408 e. The number of hydrogen-bond donors (Lipinski definition) is 3. The number of rotatable bonds is 9. The molecule has 0 aliphatic rings. The molecule has 0 heterocycles. The number of aliphatic hydroxyl groups is 2. The van der Waals surface area contributed by atoms with E-state index in [1.165, 1.54) is 11.8 Å². The molecule has 0 spiro atoms. The van der Waals surface area contributed by atoms with Gasteiger partial charge < -0.3 is 25.0 Å². The number of nitrogens with one attached hydrogen (secondary N) is 1. The van der Waals surface area contributed by atoms with Crippen LogP contribution in [-0.2, 0) is 14.3 Å². The molecule has 0 aliphatic heterocycles. The van der Waals surface area contributed by atoms with Crippen molar-refractivity contribution >= 4 is 58.6 Å². The molecule has 0 unspecified atom stereocenters. The van der Waals surface area contributed by atoms with E-state index < -0.39 is 34.1 Å². The first-order valence-corrected chi connectivity index (χ1v) is 9.69. The van der Waals surface area contributed by atoms with Crippen molar-refractivity contribution < 1.29 is 29.3 Å². The van der Waals surface area contributed by atoms with E-state index in [-0.39, 0.29) is 24.9 Å². The van der Waals surface area contributed by atoms with Gasteiger partial charge in [0.15, 0.2) is 0 Å². The van der Waals surface area contributed by atoms with Crippen molar-refractivity contribution in [2.75, 3.05) is 31.3 Å². The lowest BCUT2D eigenvalue weighted by molar-refractivity contribution is -0.156. The number of halogens is 3. The fourth-order valence-electron chi connectivity index (χ4n) is 1.39. The summed E-state index contributed by atoms with van der Waals surface area (Å²) in [6, 6.07) is -0.995. The van der Waals surface area contributed by atoms with Crippen molar-refractivity contribution in [1.29, 1.82) is 0 Å². The molecule has 0 saturated carbocycles. The van der Waals surface area contributed by atoms with Crippen LogP contribution in [0.3, 0.4) is 0 Å². The average Bonchev–Trinajstić information content (AvgIpc) is 2.46. The first-order valence-electron chi connectivity index (χ1n) is 7.40. The topological polar surface area (TPSA) is 105 Å². The van der Waals surface area contributed by atoms with E-state index >= 15 is 0 Å². The highest BCUT2D eigenvalue weighted by atomic mass is 35.6. The van der Waals surface area contributed by atoms with E-state index in [9.17, 15) is 9.59 Å². The van der Waals surface area contributed by atoms with E-state index in [4.69, 9.17) is 54.5 Å². The lowest BCUT2D eigenvalue weighted by atomic mass is 10.2. The van der Waals surface area contributed by atoms with Gasteiger partial charge in [-0.15, -0.1) is 0 Å². The summed E-state index contributed by atoms with van der Waals surface area (Å²) in [7, 11) is 0. The Balaban J connectivity index is 4.72. The van der Waals surface area contributed by atoms with Gasteiger partial charge in [0.1, 0.15) is 18.2 Å². The second-order valence-electron chi connectivity index (χ2n) is 6.19. The van der Waals surface area contributed by atoms with Crippen molar-refractivity contribution in [1.82, 2.24) is 5.32 Å². The van der Waals surface area contributed by atoms with E-state index in [0.29, 0.717) is 5.75 Å². The molecule has 3 N–H and O–H groups in total. The minimum Gasteiger partial charge on any atom is -0.458 e. The number of ether oxygens (including phenoxy) is 2. The van der Waals surface area contributed by atoms with Gasteiger partial charge in [0, 0.05) is 30.6 Å². The second-order valence-corrected chi connectivity index (χ2v) is 9.78. The number of carbonyl (C=O) groups excluding carboxylic acids is 2. The second kappa shape index (κ2) is 11.6. The molecule has 0 aromatic heterocycles. The molecule has 0 bridgehead atoms. The van der Waals surface area contributed by atoms with E-state index in [1.54, 1.807) is 20.8 Å². The molecule has 148 valence electrons. The first-order chi connectivity index (χ1) is 11.4. The molecule has 0 rings (SSSR count). The van der Waals surface area contributed by atoms with Crippen LogP contribution in [0.2, 0.25) is 0 Å². The SMILES string of the molecule is CC(C)(C)OC(=O)[C@H](CSCC(CO)CO)NC(=O)OCC(Cl)(Cl)Cl. The third kappa shape index (κ3) is 13.7. The van der Waals surface area contributed by atoms with Gasteiger partial charge in [-0.05, 0) is 20.8 Å². The summed E-state index contributed by atoms with van der Waals surface area (Å²) in [4.78, 5) is 24.0. The number of thioether (sulfide) groups is 1. The normalized spacial score (nSPS) is 13.5. The standard InChI is InChI=1S/C14H24Cl3NO6S/c1-13(2,3)24-11(21)10(7-25-6-9(4-19)5-20)18-12(22)23-8-14(15,16)17/h9-10,19-20H,4-8H2,1-3H3,(H,18,22)/t10-/m0/s1. The van der Waals surface area contributed by atoms with Gasteiger partial charge in [-0.2, -0.15) is 11.8 Å². The summed E-state index contributed by atoms with van der Waals surface area (Å²) >= 11 is 17.8. The van der Waals surface area contributed by atoms with Crippen LogP contribution in [0.1, 0.15) is 20.8 Å². The molecule has 1 atom stereocenters. The molecule has 11 heteroatoms. The summed E-state index contributed by atoms with van der Waals surface area (Å²) in [6.45, 7) is 4.25. The maximum atomic E-state index is 12.2. The summed E-state index contributed by atoms with van der Waals surface area (Å²) < 4.78 is 8.24. The zero-order valence-electron chi connectivity index (χ0n) is 14.3. The summed E-state index contributed by atoms with van der Waals surface area (Å²) in [6.07, 6.45) is -0.927. The van der Waals surface area contributed by atoms with Crippen molar-refractivity contribution in [3.63, 3.8) is 0 Å². The Hall–Kier alpha value is -0.120. The first kappa shape index (κ1) is 24.9. The number of aliphatic hydroxyl groups excluding tert-OH is 2. The quantitative estimate of drug-likeness (QED) is 0.372. The molecule has 0 saturated heterocycles. The fraction of sp³-hybridized carbons (Fsp3) is 0.857. The Kier molecular flexibility index (Phi) is 11.5. The van der Waals surface area contributed by atoms with Gasteiger partial charge in [0.25, 0.3) is 0 Å². The largest absolute Gasteiger partial charge is 0.458 e. The van der Waals surface area contributed by atoms with Gasteiger partial charge in [0.05, 0.1) is 0 Å². The lowest BCUT2D eigenvalue weighted by Crippen LogP contribution is -2.46. The van der Waals surface area contributed by atoms with Crippen LogP contribution in [0.25, 0.3) is 0 Å². The molecular formula is C14H24Cl3NO6S. The molecule has 0 aromatic carbocycles. The van der Waals surface area contributed by atoms with Crippen LogP contribution in [0.4, 0.5) is 4.79 Å². The van der Waals surface area contributed by atoms with E-state index in [1.807, 2.05) is 0 Å². The van der Waals surface area contributed by atoms with Gasteiger partial charge in [-0.1, -0.05) is 34.8 Å². The predicted molar refractivity (Wildman–Crippen MR) is 99.4 cm³/mol. The van der Waals surface area contributed by atoms with Crippen molar-refractivity contribution in [2.45, 2.75) is 36.2 Å². The summed E-state index contributed by atoms with van der Waals surface area (Å²) in [5, 5.41) is 20.5. The van der Waals surface area contributed by atoms with Crippen molar-refractivity contribution in [2.24, 2.45) is 5.92 Å². The molecule has 0 aromatic rings. The molecule has 0 radical (unpaired) electrons. The van der Waals surface area contributed by atoms with Crippen LogP contribution in [0.15, 0.2) is 0 Å².